The highest BCUT2D eigenvalue weighted by molar-refractivity contribution is 5.91. The van der Waals surface area contributed by atoms with Crippen molar-refractivity contribution >= 4 is 22.7 Å². The second-order valence-electron chi connectivity index (χ2n) is 8.25. The van der Waals surface area contributed by atoms with Crippen LogP contribution in [0.25, 0.3) is 16.6 Å². The molecule has 2 amide bonds. The summed E-state index contributed by atoms with van der Waals surface area (Å²) in [6.45, 7) is 5.01. The van der Waals surface area contributed by atoms with Crippen LogP contribution in [0.2, 0.25) is 0 Å². The van der Waals surface area contributed by atoms with E-state index in [2.05, 4.69) is 10.2 Å². The molecule has 10 nitrogen and oxygen atoms in total. The lowest BCUT2D eigenvalue weighted by molar-refractivity contribution is -0.133. The Bertz CT molecular complexity index is 1410. The predicted octanol–water partition coefficient (Wildman–Crippen LogP) is 1.78. The molecule has 0 N–H and O–H groups in total. The van der Waals surface area contributed by atoms with Gasteiger partial charge < -0.3 is 14.2 Å². The number of para-hydroxylation sites is 1. The maximum Gasteiger partial charge on any atom is 0.289 e. The van der Waals surface area contributed by atoms with Gasteiger partial charge in [0.2, 0.25) is 5.91 Å². The number of piperazine rings is 1. The van der Waals surface area contributed by atoms with Crippen molar-refractivity contribution in [1.29, 1.82) is 0 Å². The normalized spacial score (nSPS) is 14.1. The van der Waals surface area contributed by atoms with Gasteiger partial charge in [0.1, 0.15) is 12.1 Å². The molecule has 3 aromatic heterocycles. The van der Waals surface area contributed by atoms with Crippen LogP contribution in [0.4, 0.5) is 0 Å². The molecule has 0 aliphatic carbocycles. The van der Waals surface area contributed by atoms with Gasteiger partial charge in [-0.3, -0.25) is 14.4 Å². The quantitative estimate of drug-likeness (QED) is 0.460. The van der Waals surface area contributed by atoms with Gasteiger partial charge in [-0.2, -0.15) is 10.2 Å². The Hall–Kier alpha value is -4.21. The number of fused-ring (bicyclic) bond motifs is 1. The molecule has 4 aromatic rings. The first-order chi connectivity index (χ1) is 16.4. The minimum atomic E-state index is -0.347. The van der Waals surface area contributed by atoms with Crippen molar-refractivity contribution in [2.75, 3.05) is 26.2 Å². The van der Waals surface area contributed by atoms with Gasteiger partial charge in [-0.25, -0.2) is 9.36 Å². The highest BCUT2D eigenvalue weighted by atomic mass is 16.3. The minimum absolute atomic E-state index is 0.169. The Morgan fingerprint density at radius 3 is 2.32 bits per heavy atom. The number of benzene rings is 1. The number of nitrogens with zero attached hydrogens (tertiary/aromatic N) is 6. The number of carbonyl (C=O) groups excluding carboxylic acids is 2. The van der Waals surface area contributed by atoms with E-state index in [1.165, 1.54) is 10.9 Å². The van der Waals surface area contributed by atoms with Crippen LogP contribution in [0.15, 0.2) is 57.9 Å². The van der Waals surface area contributed by atoms with Crippen LogP contribution < -0.4 is 5.56 Å². The monoisotopic (exact) mass is 460 g/mol. The summed E-state index contributed by atoms with van der Waals surface area (Å²) in [6.07, 6.45) is 1.46. The van der Waals surface area contributed by atoms with Gasteiger partial charge >= 0.3 is 0 Å². The summed E-state index contributed by atoms with van der Waals surface area (Å²) in [5.74, 6) is -0.126. The Morgan fingerprint density at radius 2 is 1.65 bits per heavy atom. The molecule has 34 heavy (non-hydrogen) atoms. The summed E-state index contributed by atoms with van der Waals surface area (Å²) in [5, 5.41) is 9.42. The van der Waals surface area contributed by atoms with Gasteiger partial charge in [-0.05, 0) is 38.1 Å². The van der Waals surface area contributed by atoms with E-state index in [4.69, 9.17) is 4.42 Å². The third kappa shape index (κ3) is 3.76. The second-order valence-corrected chi connectivity index (χ2v) is 8.25. The van der Waals surface area contributed by atoms with Crippen LogP contribution >= 0.6 is 0 Å². The summed E-state index contributed by atoms with van der Waals surface area (Å²) in [5.41, 5.74) is 2.30. The van der Waals surface area contributed by atoms with Gasteiger partial charge in [0.15, 0.2) is 5.76 Å². The van der Waals surface area contributed by atoms with Gasteiger partial charge in [0.25, 0.3) is 11.5 Å². The van der Waals surface area contributed by atoms with Crippen molar-refractivity contribution in [2.24, 2.45) is 0 Å². The lowest BCUT2D eigenvalue weighted by Crippen LogP contribution is -2.51. The van der Waals surface area contributed by atoms with E-state index in [1.807, 2.05) is 37.3 Å². The Morgan fingerprint density at radius 1 is 0.941 bits per heavy atom. The number of furan rings is 1. The van der Waals surface area contributed by atoms with Gasteiger partial charge in [-0.1, -0.05) is 18.2 Å². The molecule has 0 radical (unpaired) electrons. The molecule has 0 saturated carbocycles. The second kappa shape index (κ2) is 8.62. The first-order valence-corrected chi connectivity index (χ1v) is 11.1. The lowest BCUT2D eigenvalue weighted by Gasteiger charge is -2.34. The third-order valence-electron chi connectivity index (χ3n) is 6.12. The number of aryl methyl sites for hydroxylation is 2. The first kappa shape index (κ1) is 21.6. The SMILES string of the molecule is Cc1nn(CC(=O)N2CCN(C(=O)c3ccco3)CC2)c(=O)c2c(C)n(-c3ccccc3)nc12. The molecule has 1 fully saturated rings. The molecule has 1 aromatic carbocycles. The average molecular weight is 460 g/mol. The predicted molar refractivity (Wildman–Crippen MR) is 124 cm³/mol. The maximum absolute atomic E-state index is 13.3. The van der Waals surface area contributed by atoms with E-state index < -0.39 is 0 Å². The zero-order valence-corrected chi connectivity index (χ0v) is 19.0. The van der Waals surface area contributed by atoms with E-state index in [0.29, 0.717) is 48.5 Å². The molecular weight excluding hydrogens is 436 g/mol. The summed E-state index contributed by atoms with van der Waals surface area (Å²) in [4.78, 5) is 42.0. The van der Waals surface area contributed by atoms with E-state index in [9.17, 15) is 14.4 Å². The molecule has 0 bridgehead atoms. The van der Waals surface area contributed by atoms with Gasteiger partial charge in [0, 0.05) is 26.2 Å². The number of hydrogen-bond acceptors (Lipinski definition) is 6. The maximum atomic E-state index is 13.3. The molecule has 1 aliphatic rings. The molecule has 1 aliphatic heterocycles. The van der Waals surface area contributed by atoms with Crippen molar-refractivity contribution in [2.45, 2.75) is 20.4 Å². The number of amides is 2. The molecule has 10 heteroatoms. The number of hydrogen-bond donors (Lipinski definition) is 0. The summed E-state index contributed by atoms with van der Waals surface area (Å²) >= 11 is 0. The third-order valence-corrected chi connectivity index (χ3v) is 6.12. The van der Waals surface area contributed by atoms with E-state index >= 15 is 0 Å². The number of rotatable bonds is 4. The van der Waals surface area contributed by atoms with Crippen molar-refractivity contribution in [3.63, 3.8) is 0 Å². The molecule has 4 heterocycles. The van der Waals surface area contributed by atoms with E-state index in [-0.39, 0.29) is 29.7 Å². The highest BCUT2D eigenvalue weighted by Gasteiger charge is 2.27. The van der Waals surface area contributed by atoms with E-state index in [1.54, 1.807) is 33.5 Å². The largest absolute Gasteiger partial charge is 0.459 e. The standard InChI is InChI=1S/C24H24N6O4/c1-16-22-21(17(2)30(26-22)18-7-4-3-5-8-18)24(33)29(25-16)15-20(31)27-10-12-28(13-11-27)23(32)19-9-6-14-34-19/h3-9,14H,10-13,15H2,1-2H3. The van der Waals surface area contributed by atoms with Gasteiger partial charge in [0.05, 0.1) is 28.7 Å². The van der Waals surface area contributed by atoms with Crippen LogP contribution in [0.3, 0.4) is 0 Å². The fourth-order valence-electron chi connectivity index (χ4n) is 4.29. The van der Waals surface area contributed by atoms with Crippen molar-refractivity contribution in [1.82, 2.24) is 29.4 Å². The Balaban J connectivity index is 1.34. The van der Waals surface area contributed by atoms with Crippen LogP contribution in [-0.4, -0.2) is 67.4 Å². The summed E-state index contributed by atoms with van der Waals surface area (Å²) in [7, 11) is 0. The smallest absolute Gasteiger partial charge is 0.289 e. The van der Waals surface area contributed by atoms with Crippen LogP contribution in [0.1, 0.15) is 21.9 Å². The van der Waals surface area contributed by atoms with Crippen LogP contribution in [0, 0.1) is 13.8 Å². The highest BCUT2D eigenvalue weighted by Crippen LogP contribution is 2.20. The molecule has 1 saturated heterocycles. The van der Waals surface area contributed by atoms with Crippen molar-refractivity contribution < 1.29 is 14.0 Å². The fourth-order valence-corrected chi connectivity index (χ4v) is 4.29. The first-order valence-electron chi connectivity index (χ1n) is 11.1. The molecule has 0 unspecified atom stereocenters. The van der Waals surface area contributed by atoms with Crippen molar-refractivity contribution in [3.8, 4) is 5.69 Å². The lowest BCUT2D eigenvalue weighted by atomic mass is 10.2. The molecule has 0 atom stereocenters. The Labute approximate surface area is 195 Å². The fraction of sp³-hybridized carbons (Fsp3) is 0.292. The number of aromatic nitrogens is 4. The summed E-state index contributed by atoms with van der Waals surface area (Å²) < 4.78 is 8.11. The van der Waals surface area contributed by atoms with E-state index in [0.717, 1.165) is 5.69 Å². The van der Waals surface area contributed by atoms with Gasteiger partial charge in [-0.15, -0.1) is 0 Å². The topological polar surface area (TPSA) is 106 Å². The molecular formula is C24H24N6O4. The molecule has 174 valence electrons. The van der Waals surface area contributed by atoms with Crippen LogP contribution in [-0.2, 0) is 11.3 Å². The molecule has 5 rings (SSSR count). The van der Waals surface area contributed by atoms with Crippen LogP contribution in [0.5, 0.6) is 0 Å². The number of carbonyl (C=O) groups is 2. The molecule has 0 spiro atoms. The minimum Gasteiger partial charge on any atom is -0.459 e. The Kier molecular flexibility index (Phi) is 5.48. The van der Waals surface area contributed by atoms with Crippen molar-refractivity contribution in [3.05, 3.63) is 76.2 Å². The average Bonchev–Trinajstić information content (AvgIpc) is 3.51. The summed E-state index contributed by atoms with van der Waals surface area (Å²) in [6, 6.07) is 12.9. The zero-order valence-electron chi connectivity index (χ0n) is 19.0. The zero-order chi connectivity index (χ0) is 23.8.